The predicted octanol–water partition coefficient (Wildman–Crippen LogP) is 4.47. The van der Waals surface area contributed by atoms with Gasteiger partial charge in [0.1, 0.15) is 11.5 Å². The number of hydrogen-bond acceptors (Lipinski definition) is 2. The van der Waals surface area contributed by atoms with Crippen molar-refractivity contribution in [1.82, 2.24) is 15.0 Å². The summed E-state index contributed by atoms with van der Waals surface area (Å²) < 4.78 is 13.2. The molecule has 4 aromatic rings. The predicted molar refractivity (Wildman–Crippen MR) is 96.9 cm³/mol. The Bertz CT molecular complexity index is 989. The first kappa shape index (κ1) is 15.5. The van der Waals surface area contributed by atoms with Crippen molar-refractivity contribution in [3.63, 3.8) is 0 Å². The molecular weight excluding hydrogens is 313 g/mol. The van der Waals surface area contributed by atoms with Gasteiger partial charge in [0.05, 0.1) is 0 Å². The molecule has 3 heterocycles. The second-order valence-corrected chi connectivity index (χ2v) is 6.18. The third-order valence-electron chi connectivity index (χ3n) is 4.38. The molecule has 4 heteroatoms. The molecule has 1 N–H and O–H groups in total. The Labute approximate surface area is 145 Å². The number of nitrogens with zero attached hydrogens (tertiary/aromatic N) is 2. The largest absolute Gasteiger partial charge is 0.346 e. The molecule has 0 saturated heterocycles. The number of halogens is 1. The lowest BCUT2D eigenvalue weighted by atomic mass is 10.0. The van der Waals surface area contributed by atoms with Crippen molar-refractivity contribution in [3.05, 3.63) is 95.3 Å². The highest BCUT2D eigenvalue weighted by Gasteiger charge is 2.06. The van der Waals surface area contributed by atoms with E-state index in [1.165, 1.54) is 17.2 Å². The third-order valence-corrected chi connectivity index (χ3v) is 4.38. The van der Waals surface area contributed by atoms with Crippen LogP contribution in [0.15, 0.2) is 67.1 Å². The first-order valence-corrected chi connectivity index (χ1v) is 8.37. The van der Waals surface area contributed by atoms with E-state index in [1.54, 1.807) is 18.3 Å². The number of rotatable bonds is 5. The van der Waals surface area contributed by atoms with Crippen LogP contribution in [-0.4, -0.2) is 15.0 Å². The van der Waals surface area contributed by atoms with Crippen molar-refractivity contribution in [3.8, 4) is 0 Å². The summed E-state index contributed by atoms with van der Waals surface area (Å²) in [6.07, 6.45) is 8.14. The van der Waals surface area contributed by atoms with Gasteiger partial charge in [0, 0.05) is 36.1 Å². The van der Waals surface area contributed by atoms with Crippen LogP contribution in [-0.2, 0) is 19.3 Å². The minimum Gasteiger partial charge on any atom is -0.346 e. The van der Waals surface area contributed by atoms with Gasteiger partial charge in [-0.1, -0.05) is 18.2 Å². The van der Waals surface area contributed by atoms with Crippen LogP contribution in [0.2, 0.25) is 0 Å². The molecule has 0 fully saturated rings. The van der Waals surface area contributed by atoms with Crippen LogP contribution in [0, 0.1) is 5.82 Å². The molecule has 0 amide bonds. The summed E-state index contributed by atoms with van der Waals surface area (Å²) in [6, 6.07) is 14.9. The van der Waals surface area contributed by atoms with Gasteiger partial charge in [0.25, 0.3) is 0 Å². The van der Waals surface area contributed by atoms with Gasteiger partial charge in [-0.15, -0.1) is 0 Å². The van der Waals surface area contributed by atoms with Crippen molar-refractivity contribution in [2.75, 3.05) is 0 Å². The highest BCUT2D eigenvalue weighted by Crippen LogP contribution is 2.19. The van der Waals surface area contributed by atoms with Crippen molar-refractivity contribution in [1.29, 1.82) is 0 Å². The molecule has 0 unspecified atom stereocenters. The Morgan fingerprint density at radius 2 is 1.88 bits per heavy atom. The summed E-state index contributed by atoms with van der Waals surface area (Å²) in [5.41, 5.74) is 5.32. The molecule has 3 nitrogen and oxygen atoms in total. The molecule has 124 valence electrons. The normalized spacial score (nSPS) is 11.1. The minimum atomic E-state index is -0.186. The van der Waals surface area contributed by atoms with Crippen LogP contribution in [0.3, 0.4) is 0 Å². The number of nitrogens with one attached hydrogen (secondary N) is 1. The number of aromatic amines is 1. The fraction of sp³-hybridized carbons (Fsp3) is 0.143. The van der Waals surface area contributed by atoms with E-state index in [1.807, 2.05) is 24.5 Å². The molecule has 0 atom stereocenters. The van der Waals surface area contributed by atoms with Gasteiger partial charge < -0.3 is 4.98 Å². The zero-order chi connectivity index (χ0) is 17.1. The van der Waals surface area contributed by atoms with E-state index < -0.39 is 0 Å². The van der Waals surface area contributed by atoms with E-state index >= 15 is 0 Å². The van der Waals surface area contributed by atoms with Crippen LogP contribution < -0.4 is 0 Å². The fourth-order valence-electron chi connectivity index (χ4n) is 3.05. The molecule has 0 aliphatic carbocycles. The van der Waals surface area contributed by atoms with Crippen molar-refractivity contribution >= 4 is 11.0 Å². The molecular formula is C21H18FN3. The minimum absolute atomic E-state index is 0.186. The standard InChI is InChI=1S/C21H18FN3/c22-18-4-1-3-15(12-18)6-8-19-9-7-16(13-24-19)11-17-14-25-21-20(17)5-2-10-23-21/h1-5,7,9-10,12-14H,6,8,11H2,(H,23,25). The average Bonchev–Trinajstić information content (AvgIpc) is 3.04. The van der Waals surface area contributed by atoms with Crippen LogP contribution in [0.1, 0.15) is 22.4 Å². The monoisotopic (exact) mass is 331 g/mol. The second kappa shape index (κ2) is 6.85. The van der Waals surface area contributed by atoms with Crippen LogP contribution in [0.4, 0.5) is 4.39 Å². The van der Waals surface area contributed by atoms with Gasteiger partial charge in [-0.05, 0) is 59.9 Å². The Balaban J connectivity index is 1.43. The average molecular weight is 331 g/mol. The number of aryl methyl sites for hydroxylation is 2. The maximum atomic E-state index is 13.2. The summed E-state index contributed by atoms with van der Waals surface area (Å²) in [4.78, 5) is 12.1. The topological polar surface area (TPSA) is 41.6 Å². The van der Waals surface area contributed by atoms with Crippen molar-refractivity contribution in [2.45, 2.75) is 19.3 Å². The Hall–Kier alpha value is -3.01. The summed E-state index contributed by atoms with van der Waals surface area (Å²) in [5, 5.41) is 1.15. The SMILES string of the molecule is Fc1cccc(CCc2ccc(Cc3c[nH]c4ncccc34)cn2)c1. The molecule has 0 saturated carbocycles. The highest BCUT2D eigenvalue weighted by molar-refractivity contribution is 5.79. The summed E-state index contributed by atoms with van der Waals surface area (Å²) in [6.45, 7) is 0. The number of pyridine rings is 2. The van der Waals surface area contributed by atoms with Gasteiger partial charge in [-0.3, -0.25) is 4.98 Å². The molecule has 1 aromatic carbocycles. The molecule has 4 rings (SSSR count). The number of hydrogen-bond donors (Lipinski definition) is 1. The lowest BCUT2D eigenvalue weighted by Crippen LogP contribution is -1.96. The Morgan fingerprint density at radius 1 is 0.920 bits per heavy atom. The number of H-pyrrole nitrogens is 1. The van der Waals surface area contributed by atoms with Crippen molar-refractivity contribution in [2.24, 2.45) is 0 Å². The number of benzene rings is 1. The van der Waals surface area contributed by atoms with Gasteiger partial charge in [-0.25, -0.2) is 9.37 Å². The molecule has 0 radical (unpaired) electrons. The fourth-order valence-corrected chi connectivity index (χ4v) is 3.05. The summed E-state index contributed by atoms with van der Waals surface area (Å²) in [7, 11) is 0. The lowest BCUT2D eigenvalue weighted by molar-refractivity contribution is 0.625. The second-order valence-electron chi connectivity index (χ2n) is 6.18. The Morgan fingerprint density at radius 3 is 2.72 bits per heavy atom. The Kier molecular flexibility index (Phi) is 4.25. The van der Waals surface area contributed by atoms with Gasteiger partial charge in [-0.2, -0.15) is 0 Å². The van der Waals surface area contributed by atoms with Gasteiger partial charge in [0.2, 0.25) is 0 Å². The van der Waals surface area contributed by atoms with Crippen LogP contribution in [0.25, 0.3) is 11.0 Å². The third kappa shape index (κ3) is 3.58. The molecule has 0 spiro atoms. The van der Waals surface area contributed by atoms with E-state index in [2.05, 4.69) is 33.2 Å². The van der Waals surface area contributed by atoms with E-state index in [4.69, 9.17) is 0 Å². The van der Waals surface area contributed by atoms with E-state index in [-0.39, 0.29) is 5.82 Å². The lowest BCUT2D eigenvalue weighted by Gasteiger charge is -2.04. The highest BCUT2D eigenvalue weighted by atomic mass is 19.1. The number of fused-ring (bicyclic) bond motifs is 1. The maximum Gasteiger partial charge on any atom is 0.137 e. The zero-order valence-corrected chi connectivity index (χ0v) is 13.7. The molecule has 25 heavy (non-hydrogen) atoms. The molecule has 0 aliphatic heterocycles. The number of aromatic nitrogens is 3. The van der Waals surface area contributed by atoms with Crippen LogP contribution in [0.5, 0.6) is 0 Å². The first-order valence-electron chi connectivity index (χ1n) is 8.37. The molecule has 0 aliphatic rings. The smallest absolute Gasteiger partial charge is 0.137 e. The summed E-state index contributed by atoms with van der Waals surface area (Å²) >= 11 is 0. The van der Waals surface area contributed by atoms with Gasteiger partial charge >= 0.3 is 0 Å². The van der Waals surface area contributed by atoms with E-state index in [0.717, 1.165) is 41.6 Å². The van der Waals surface area contributed by atoms with Crippen molar-refractivity contribution < 1.29 is 4.39 Å². The maximum absolute atomic E-state index is 13.2. The van der Waals surface area contributed by atoms with Gasteiger partial charge in [0.15, 0.2) is 0 Å². The molecule has 3 aromatic heterocycles. The van der Waals surface area contributed by atoms with E-state index in [9.17, 15) is 4.39 Å². The summed E-state index contributed by atoms with van der Waals surface area (Å²) in [5.74, 6) is -0.186. The molecule has 0 bridgehead atoms. The quantitative estimate of drug-likeness (QED) is 0.586. The van der Waals surface area contributed by atoms with Crippen LogP contribution >= 0.6 is 0 Å². The van der Waals surface area contributed by atoms with E-state index in [0.29, 0.717) is 0 Å². The zero-order valence-electron chi connectivity index (χ0n) is 13.7. The first-order chi connectivity index (χ1) is 12.3.